The molecule has 3 atom stereocenters. The molecule has 10 heteroatoms. The molecule has 1 aliphatic heterocycles. The Bertz CT molecular complexity index is 1090. The van der Waals surface area contributed by atoms with Gasteiger partial charge in [0.1, 0.15) is 30.6 Å². The predicted octanol–water partition coefficient (Wildman–Crippen LogP) is 3.56. The molecule has 2 aromatic rings. The van der Waals surface area contributed by atoms with Gasteiger partial charge in [0.2, 0.25) is 5.95 Å². The van der Waals surface area contributed by atoms with Crippen LogP contribution in [0.15, 0.2) is 12.4 Å². The molecular formula is C24H31FN4O5. The van der Waals surface area contributed by atoms with Crippen LogP contribution >= 0.6 is 0 Å². The van der Waals surface area contributed by atoms with Gasteiger partial charge in [-0.3, -0.25) is 4.57 Å². The van der Waals surface area contributed by atoms with Crippen LogP contribution in [0.2, 0.25) is 0 Å². The molecule has 9 nitrogen and oxygen atoms in total. The Labute approximate surface area is 196 Å². The Balaban J connectivity index is 1.07. The summed E-state index contributed by atoms with van der Waals surface area (Å²) >= 11 is 0. The molecule has 4 aliphatic carbocycles. The van der Waals surface area contributed by atoms with Crippen molar-refractivity contribution >= 4 is 23.0 Å². The predicted molar refractivity (Wildman–Crippen MR) is 119 cm³/mol. The minimum Gasteiger partial charge on any atom is -0.434 e. The first-order valence-electron chi connectivity index (χ1n) is 12.2. The number of carbonyl (C=O) groups excluding carboxylic acids is 1. The van der Waals surface area contributed by atoms with E-state index in [0.29, 0.717) is 12.1 Å². The number of carbonyl (C=O) groups is 1. The van der Waals surface area contributed by atoms with Crippen molar-refractivity contribution in [3.8, 4) is 0 Å². The number of hydrogen-bond acceptors (Lipinski definition) is 8. The second kappa shape index (κ2) is 7.78. The number of nitrogens with zero attached hydrogens (tertiary/aromatic N) is 3. The molecule has 0 amide bonds. The summed E-state index contributed by atoms with van der Waals surface area (Å²) in [6.07, 6.45) is 6.77. The number of ether oxygens (including phenoxy) is 3. The summed E-state index contributed by atoms with van der Waals surface area (Å²) in [5.74, 6) is 1.61. The van der Waals surface area contributed by atoms with E-state index in [2.05, 4.69) is 9.97 Å². The van der Waals surface area contributed by atoms with Crippen LogP contribution in [-0.2, 0) is 14.2 Å². The number of nitrogen functional groups attached to an aromatic ring is 1. The number of aromatic nitrogens is 3. The van der Waals surface area contributed by atoms with Crippen LogP contribution in [0.5, 0.6) is 0 Å². The zero-order valence-electron chi connectivity index (χ0n) is 19.3. The number of rotatable bonds is 5. The quantitative estimate of drug-likeness (QED) is 0.498. The van der Waals surface area contributed by atoms with E-state index in [1.807, 2.05) is 0 Å². The van der Waals surface area contributed by atoms with Gasteiger partial charge >= 0.3 is 6.16 Å². The van der Waals surface area contributed by atoms with E-state index < -0.39 is 30.0 Å². The Morgan fingerprint density at radius 3 is 2.53 bits per heavy atom. The van der Waals surface area contributed by atoms with Crippen LogP contribution in [0.4, 0.5) is 14.9 Å². The molecule has 0 spiro atoms. The minimum atomic E-state index is -1.15. The van der Waals surface area contributed by atoms with E-state index in [0.717, 1.165) is 43.1 Å². The van der Waals surface area contributed by atoms with Gasteiger partial charge in [0.05, 0.1) is 18.1 Å². The molecule has 2 aromatic heterocycles. The van der Waals surface area contributed by atoms with Gasteiger partial charge in [-0.25, -0.2) is 9.78 Å². The maximum absolute atomic E-state index is 13.8. The summed E-state index contributed by atoms with van der Waals surface area (Å²) in [5.41, 5.74) is 5.56. The van der Waals surface area contributed by atoms with E-state index in [4.69, 9.17) is 19.9 Å². The van der Waals surface area contributed by atoms with Crippen LogP contribution in [0, 0.1) is 29.1 Å². The average molecular weight is 475 g/mol. The molecule has 4 bridgehead atoms. The molecule has 7 rings (SSSR count). The standard InChI is InChI=1S/C24H31FN4O5/c1-23(10-32-22(31)33-11-24-7-13-2-14(8-24)4-15(3-13)9-24)17(30)6-19(34-23)29-12-27-20-16(26)5-18(25)28-21(20)29/h5,12-15,17,19,30H,2-4,6-11H2,1H3,(H2,26,28)/t13?,14?,15?,17-,19+,23+,24?/m0/s1. The van der Waals surface area contributed by atoms with Gasteiger partial charge in [0, 0.05) is 17.9 Å². The van der Waals surface area contributed by atoms with Crippen LogP contribution in [0.25, 0.3) is 11.2 Å². The van der Waals surface area contributed by atoms with Gasteiger partial charge in [0.25, 0.3) is 0 Å². The lowest BCUT2D eigenvalue weighted by Gasteiger charge is -2.56. The number of fused-ring (bicyclic) bond motifs is 1. The van der Waals surface area contributed by atoms with Gasteiger partial charge < -0.3 is 25.1 Å². The Morgan fingerprint density at radius 1 is 1.21 bits per heavy atom. The summed E-state index contributed by atoms with van der Waals surface area (Å²) < 4.78 is 32.3. The van der Waals surface area contributed by atoms with E-state index in [-0.39, 0.29) is 29.8 Å². The maximum Gasteiger partial charge on any atom is 0.508 e. The van der Waals surface area contributed by atoms with Crippen LogP contribution in [0.1, 0.15) is 58.1 Å². The molecule has 5 fully saturated rings. The highest BCUT2D eigenvalue weighted by atomic mass is 19.1. The number of aliphatic hydroxyl groups excluding tert-OH is 1. The van der Waals surface area contributed by atoms with Crippen LogP contribution in [0.3, 0.4) is 0 Å². The molecule has 0 radical (unpaired) electrons. The third kappa shape index (κ3) is 3.71. The number of aliphatic hydroxyl groups is 1. The monoisotopic (exact) mass is 474 g/mol. The zero-order chi connectivity index (χ0) is 23.7. The molecule has 3 heterocycles. The Kier molecular flexibility index (Phi) is 5.04. The fourth-order valence-electron chi connectivity index (χ4n) is 7.31. The van der Waals surface area contributed by atoms with Crippen molar-refractivity contribution in [2.75, 3.05) is 18.9 Å². The summed E-state index contributed by atoms with van der Waals surface area (Å²) in [4.78, 5) is 20.5. The zero-order valence-corrected chi connectivity index (χ0v) is 19.3. The van der Waals surface area contributed by atoms with Crippen molar-refractivity contribution in [3.63, 3.8) is 0 Å². The minimum absolute atomic E-state index is 0.110. The number of pyridine rings is 1. The Morgan fingerprint density at radius 2 is 1.85 bits per heavy atom. The highest BCUT2D eigenvalue weighted by molar-refractivity contribution is 5.83. The molecule has 184 valence electrons. The normalized spacial score (nSPS) is 38.5. The highest BCUT2D eigenvalue weighted by Gasteiger charge is 2.52. The van der Waals surface area contributed by atoms with Gasteiger partial charge in [-0.05, 0) is 63.2 Å². The van der Waals surface area contributed by atoms with Gasteiger partial charge in [-0.2, -0.15) is 9.37 Å². The number of anilines is 1. The third-order valence-corrected chi connectivity index (χ3v) is 8.51. The van der Waals surface area contributed by atoms with E-state index in [1.165, 1.54) is 30.2 Å². The second-order valence-electron chi connectivity index (χ2n) is 11.2. The van der Waals surface area contributed by atoms with Crippen molar-refractivity contribution in [1.82, 2.24) is 14.5 Å². The largest absolute Gasteiger partial charge is 0.508 e. The summed E-state index contributed by atoms with van der Waals surface area (Å²) in [7, 11) is 0. The fraction of sp³-hybridized carbons (Fsp3) is 0.708. The molecular weight excluding hydrogens is 443 g/mol. The first kappa shape index (κ1) is 22.0. The smallest absolute Gasteiger partial charge is 0.434 e. The number of nitrogens with two attached hydrogens (primary N) is 1. The number of halogens is 1. The number of hydrogen-bond donors (Lipinski definition) is 2. The topological polar surface area (TPSA) is 122 Å². The first-order valence-corrected chi connectivity index (χ1v) is 12.2. The second-order valence-corrected chi connectivity index (χ2v) is 11.2. The lowest BCUT2D eigenvalue weighted by molar-refractivity contribution is -0.128. The third-order valence-electron chi connectivity index (χ3n) is 8.51. The van der Waals surface area contributed by atoms with E-state index in [1.54, 1.807) is 6.92 Å². The molecule has 3 N–H and O–H groups in total. The lowest BCUT2D eigenvalue weighted by atomic mass is 9.50. The SMILES string of the molecule is C[C@]1(COC(=O)OCC23CC4CC(CC(C4)C2)C3)O[C@@H](n2cnc3c(N)cc(F)nc32)C[C@@H]1O. The van der Waals surface area contributed by atoms with Crippen molar-refractivity contribution in [2.24, 2.45) is 23.2 Å². The van der Waals surface area contributed by atoms with Crippen molar-refractivity contribution in [2.45, 2.75) is 69.8 Å². The van der Waals surface area contributed by atoms with Gasteiger partial charge in [-0.1, -0.05) is 0 Å². The molecule has 1 saturated heterocycles. The summed E-state index contributed by atoms with van der Waals surface area (Å²) in [6.45, 7) is 1.91. The maximum atomic E-state index is 13.8. The molecule has 5 aliphatic rings. The molecule has 4 saturated carbocycles. The molecule has 34 heavy (non-hydrogen) atoms. The lowest BCUT2D eigenvalue weighted by Crippen LogP contribution is -2.48. The van der Waals surface area contributed by atoms with E-state index in [9.17, 15) is 14.3 Å². The van der Waals surface area contributed by atoms with Crippen LogP contribution in [-0.4, -0.2) is 50.7 Å². The molecule has 0 unspecified atom stereocenters. The summed E-state index contributed by atoms with van der Waals surface area (Å²) in [6, 6.07) is 1.11. The van der Waals surface area contributed by atoms with Gasteiger partial charge in [0.15, 0.2) is 5.65 Å². The Hall–Kier alpha value is -2.46. The first-order chi connectivity index (χ1) is 16.2. The van der Waals surface area contributed by atoms with Gasteiger partial charge in [-0.15, -0.1) is 0 Å². The molecule has 0 aromatic carbocycles. The van der Waals surface area contributed by atoms with Crippen molar-refractivity contribution < 1.29 is 28.5 Å². The van der Waals surface area contributed by atoms with E-state index >= 15 is 0 Å². The fourth-order valence-corrected chi connectivity index (χ4v) is 7.31. The van der Waals surface area contributed by atoms with Crippen molar-refractivity contribution in [3.05, 3.63) is 18.3 Å². The number of imidazole rings is 1. The van der Waals surface area contributed by atoms with Crippen molar-refractivity contribution in [1.29, 1.82) is 0 Å². The van der Waals surface area contributed by atoms with Crippen LogP contribution < -0.4 is 5.73 Å². The average Bonchev–Trinajstić information content (AvgIpc) is 3.31. The highest BCUT2D eigenvalue weighted by Crippen LogP contribution is 2.60. The summed E-state index contributed by atoms with van der Waals surface area (Å²) in [5, 5.41) is 10.7.